The van der Waals surface area contributed by atoms with Gasteiger partial charge in [-0.15, -0.1) is 5.10 Å². The molecule has 0 aliphatic carbocycles. The Morgan fingerprint density at radius 1 is 1.03 bits per heavy atom. The molecule has 1 aliphatic heterocycles. The van der Waals surface area contributed by atoms with Crippen molar-refractivity contribution in [1.29, 1.82) is 0 Å². The molecule has 1 saturated heterocycles. The number of nitrogens with zero attached hydrogens (tertiary/aromatic N) is 5. The monoisotopic (exact) mass is 577 g/mol. The molecule has 0 atom stereocenters. The van der Waals surface area contributed by atoms with E-state index >= 15 is 0 Å². The highest BCUT2D eigenvalue weighted by Gasteiger charge is 2.37. The van der Waals surface area contributed by atoms with E-state index < -0.39 is 35.9 Å². The molecule has 0 unspecified atom stereocenters. The average Bonchev–Trinajstić information content (AvgIpc) is 3.27. The van der Waals surface area contributed by atoms with Crippen LogP contribution in [0.5, 0.6) is 0 Å². The van der Waals surface area contributed by atoms with E-state index in [1.165, 1.54) is 9.58 Å². The number of hydrogen-bond acceptors (Lipinski definition) is 5. The number of aromatic nitrogens is 3. The van der Waals surface area contributed by atoms with Crippen molar-refractivity contribution in [2.75, 3.05) is 36.5 Å². The number of carbonyl (C=O) groups excluding carboxylic acids is 1. The minimum atomic E-state index is -4.98. The second-order valence-electron chi connectivity index (χ2n) is 8.69. The van der Waals surface area contributed by atoms with Crippen LogP contribution < -0.4 is 4.90 Å². The van der Waals surface area contributed by atoms with Gasteiger partial charge in [0.2, 0.25) is 0 Å². The number of hydrogen-bond donors (Lipinski definition) is 0. The number of rotatable bonds is 6. The summed E-state index contributed by atoms with van der Waals surface area (Å²) in [6, 6.07) is 8.35. The van der Waals surface area contributed by atoms with Gasteiger partial charge in [-0.05, 0) is 35.4 Å². The first-order chi connectivity index (χ1) is 17.8. The SMILES string of the molecule is CN(Cc1ccccc1Cl)C(=O)c1nnn(Cc2cc(C(F)(F)F)cc(C(F)(F)F)c2)c1N1CCSCC1. The molecule has 1 amide bonds. The zero-order valence-electron chi connectivity index (χ0n) is 20.0. The van der Waals surface area contributed by atoms with E-state index in [4.69, 9.17) is 11.6 Å². The van der Waals surface area contributed by atoms with E-state index in [1.807, 2.05) is 4.90 Å². The van der Waals surface area contributed by atoms with Crippen LogP contribution in [0.2, 0.25) is 5.02 Å². The number of anilines is 1. The predicted molar refractivity (Wildman–Crippen MR) is 132 cm³/mol. The van der Waals surface area contributed by atoms with Crippen molar-refractivity contribution in [3.63, 3.8) is 0 Å². The van der Waals surface area contributed by atoms with Gasteiger partial charge in [0.1, 0.15) is 0 Å². The Morgan fingerprint density at radius 2 is 1.63 bits per heavy atom. The number of thioether (sulfide) groups is 1. The fourth-order valence-corrected chi connectivity index (χ4v) is 5.16. The van der Waals surface area contributed by atoms with Crippen molar-refractivity contribution in [1.82, 2.24) is 19.9 Å². The van der Waals surface area contributed by atoms with Crippen LogP contribution in [0.4, 0.5) is 32.2 Å². The summed E-state index contributed by atoms with van der Waals surface area (Å²) < 4.78 is 81.5. The Hall–Kier alpha value is -2.93. The Kier molecular flexibility index (Phi) is 8.17. The smallest absolute Gasteiger partial charge is 0.353 e. The zero-order valence-corrected chi connectivity index (χ0v) is 21.6. The fourth-order valence-electron chi connectivity index (χ4n) is 4.06. The minimum absolute atomic E-state index is 0.0468. The summed E-state index contributed by atoms with van der Waals surface area (Å²) in [6.45, 7) is 0.718. The van der Waals surface area contributed by atoms with Gasteiger partial charge >= 0.3 is 12.4 Å². The van der Waals surface area contributed by atoms with Crippen LogP contribution in [0.1, 0.15) is 32.7 Å². The molecule has 204 valence electrons. The molecule has 1 aromatic heterocycles. The van der Waals surface area contributed by atoms with Crippen LogP contribution in [-0.4, -0.2) is 57.4 Å². The summed E-state index contributed by atoms with van der Waals surface area (Å²) in [5.41, 5.74) is -2.47. The predicted octanol–water partition coefficient (Wildman–Crippen LogP) is 5.84. The fraction of sp³-hybridized carbons (Fsp3) is 0.375. The first-order valence-electron chi connectivity index (χ1n) is 11.4. The molecule has 38 heavy (non-hydrogen) atoms. The lowest BCUT2D eigenvalue weighted by Gasteiger charge is -2.29. The number of carbonyl (C=O) groups is 1. The normalized spacial score (nSPS) is 14.6. The van der Waals surface area contributed by atoms with E-state index in [-0.39, 0.29) is 29.7 Å². The highest BCUT2D eigenvalue weighted by molar-refractivity contribution is 7.99. The average molecular weight is 578 g/mol. The largest absolute Gasteiger partial charge is 0.416 e. The second-order valence-corrected chi connectivity index (χ2v) is 10.3. The molecule has 0 saturated carbocycles. The third kappa shape index (κ3) is 6.37. The van der Waals surface area contributed by atoms with Gasteiger partial charge in [0.05, 0.1) is 17.7 Å². The Labute approximate surface area is 223 Å². The van der Waals surface area contributed by atoms with Gasteiger partial charge in [-0.25, -0.2) is 4.68 Å². The quantitative estimate of drug-likeness (QED) is 0.345. The molecule has 0 radical (unpaired) electrons. The topological polar surface area (TPSA) is 54.3 Å². The summed E-state index contributed by atoms with van der Waals surface area (Å²) in [4.78, 5) is 16.6. The van der Waals surface area contributed by atoms with Gasteiger partial charge in [0, 0.05) is 43.2 Å². The van der Waals surface area contributed by atoms with E-state index in [0.29, 0.717) is 35.8 Å². The van der Waals surface area contributed by atoms with Crippen LogP contribution in [0.3, 0.4) is 0 Å². The summed E-state index contributed by atoms with van der Waals surface area (Å²) in [5.74, 6) is 1.17. The zero-order chi connectivity index (χ0) is 27.7. The molecule has 2 heterocycles. The molecule has 0 bridgehead atoms. The molecule has 14 heteroatoms. The van der Waals surface area contributed by atoms with E-state index in [0.717, 1.165) is 11.5 Å². The summed E-state index contributed by atoms with van der Waals surface area (Å²) >= 11 is 7.90. The van der Waals surface area contributed by atoms with Gasteiger partial charge in [-0.2, -0.15) is 38.1 Å². The number of halogens is 7. The molecule has 6 nitrogen and oxygen atoms in total. The third-order valence-corrected chi connectivity index (χ3v) is 7.23. The Balaban J connectivity index is 1.71. The Morgan fingerprint density at radius 3 is 2.21 bits per heavy atom. The van der Waals surface area contributed by atoms with Crippen molar-refractivity contribution < 1.29 is 31.1 Å². The van der Waals surface area contributed by atoms with Crippen molar-refractivity contribution in [3.8, 4) is 0 Å². The van der Waals surface area contributed by atoms with Crippen LogP contribution in [-0.2, 0) is 25.4 Å². The van der Waals surface area contributed by atoms with Gasteiger partial charge in [-0.3, -0.25) is 4.79 Å². The molecule has 4 rings (SSSR count). The van der Waals surface area contributed by atoms with Crippen molar-refractivity contribution in [3.05, 3.63) is 75.4 Å². The van der Waals surface area contributed by atoms with Gasteiger partial charge in [0.25, 0.3) is 5.91 Å². The number of alkyl halides is 6. The summed E-state index contributed by atoms with van der Waals surface area (Å²) in [6.07, 6.45) is -9.96. The third-order valence-electron chi connectivity index (χ3n) is 5.91. The maximum Gasteiger partial charge on any atom is 0.416 e. The van der Waals surface area contributed by atoms with E-state index in [9.17, 15) is 31.1 Å². The molecule has 3 aromatic rings. The molecular formula is C24H22ClF6N5OS. The maximum absolute atomic E-state index is 13.4. The number of amides is 1. The van der Waals surface area contributed by atoms with Crippen LogP contribution in [0.15, 0.2) is 42.5 Å². The van der Waals surface area contributed by atoms with Crippen molar-refractivity contribution >= 4 is 35.1 Å². The second kappa shape index (κ2) is 11.0. The minimum Gasteiger partial charge on any atom is -0.353 e. The lowest BCUT2D eigenvalue weighted by Crippen LogP contribution is -2.36. The molecule has 1 fully saturated rings. The van der Waals surface area contributed by atoms with Crippen molar-refractivity contribution in [2.45, 2.75) is 25.4 Å². The number of benzene rings is 2. The molecule has 0 spiro atoms. The first-order valence-corrected chi connectivity index (χ1v) is 12.9. The highest BCUT2D eigenvalue weighted by atomic mass is 35.5. The summed E-state index contributed by atoms with van der Waals surface area (Å²) in [7, 11) is 1.54. The van der Waals surface area contributed by atoms with Gasteiger partial charge < -0.3 is 9.80 Å². The van der Waals surface area contributed by atoms with E-state index in [2.05, 4.69) is 10.3 Å². The van der Waals surface area contributed by atoms with Crippen molar-refractivity contribution in [2.24, 2.45) is 0 Å². The lowest BCUT2D eigenvalue weighted by molar-refractivity contribution is -0.143. The standard InChI is InChI=1S/C24H22ClF6N5OS/c1-34(14-16-4-2-3-5-19(16)25)22(37)20-21(35-6-8-38-9-7-35)36(33-32-20)13-15-10-17(23(26,27)28)12-18(11-15)24(29,30)31/h2-5,10-12H,6-9,13-14H2,1H3. The van der Waals surface area contributed by atoms with E-state index in [1.54, 1.807) is 43.1 Å². The highest BCUT2D eigenvalue weighted by Crippen LogP contribution is 2.37. The first kappa shape index (κ1) is 28.1. The molecule has 1 aliphatic rings. The maximum atomic E-state index is 13.4. The molecular weight excluding hydrogens is 556 g/mol. The Bertz CT molecular complexity index is 1270. The van der Waals surface area contributed by atoms with Crippen LogP contribution >= 0.6 is 23.4 Å². The lowest BCUT2D eigenvalue weighted by atomic mass is 10.0. The van der Waals surface area contributed by atoms with Crippen LogP contribution in [0.25, 0.3) is 0 Å². The van der Waals surface area contributed by atoms with Gasteiger partial charge in [0.15, 0.2) is 11.5 Å². The molecule has 2 aromatic carbocycles. The van der Waals surface area contributed by atoms with Crippen LogP contribution in [0, 0.1) is 0 Å². The summed E-state index contributed by atoms with van der Waals surface area (Å²) in [5, 5.41) is 8.46. The molecule has 0 N–H and O–H groups in total. The van der Waals surface area contributed by atoms with Gasteiger partial charge in [-0.1, -0.05) is 35.0 Å².